The highest BCUT2D eigenvalue weighted by atomic mass is 32.1. The van der Waals surface area contributed by atoms with E-state index >= 15 is 0 Å². The van der Waals surface area contributed by atoms with E-state index in [1.165, 1.54) is 83.8 Å². The molecule has 0 spiro atoms. The van der Waals surface area contributed by atoms with Gasteiger partial charge in [0.15, 0.2) is 0 Å². The van der Waals surface area contributed by atoms with Crippen LogP contribution in [0.25, 0.3) is 0 Å². The lowest BCUT2D eigenvalue weighted by molar-refractivity contribution is 0.374. The van der Waals surface area contributed by atoms with Crippen molar-refractivity contribution in [3.05, 3.63) is 21.9 Å². The number of nitrogens with one attached hydrogen (secondary N) is 2. The predicted molar refractivity (Wildman–Crippen MR) is 98.9 cm³/mol. The van der Waals surface area contributed by atoms with Gasteiger partial charge >= 0.3 is 0 Å². The molecular weight excluding hydrogens is 288 g/mol. The lowest BCUT2D eigenvalue weighted by Gasteiger charge is -2.21. The van der Waals surface area contributed by atoms with Crippen LogP contribution < -0.4 is 10.6 Å². The molecule has 0 amide bonds. The largest absolute Gasteiger partial charge is 0.320 e. The van der Waals surface area contributed by atoms with Crippen LogP contribution in [0.4, 0.5) is 0 Å². The van der Waals surface area contributed by atoms with Crippen molar-refractivity contribution in [1.29, 1.82) is 0 Å². The van der Waals surface area contributed by atoms with Gasteiger partial charge in [-0.1, -0.05) is 25.7 Å². The topological polar surface area (TPSA) is 24.1 Å². The molecule has 0 atom stereocenters. The van der Waals surface area contributed by atoms with E-state index in [9.17, 15) is 0 Å². The van der Waals surface area contributed by atoms with E-state index in [0.29, 0.717) is 0 Å². The summed E-state index contributed by atoms with van der Waals surface area (Å²) in [5.74, 6) is 0.922. The van der Waals surface area contributed by atoms with Crippen molar-refractivity contribution in [3.63, 3.8) is 0 Å². The van der Waals surface area contributed by atoms with E-state index in [1.807, 2.05) is 7.05 Å². The lowest BCUT2D eigenvalue weighted by atomic mass is 9.94. The fourth-order valence-corrected chi connectivity index (χ4v) is 4.52. The summed E-state index contributed by atoms with van der Waals surface area (Å²) in [5, 5.41) is 6.68. The van der Waals surface area contributed by atoms with Crippen molar-refractivity contribution >= 4 is 11.3 Å². The number of hydrogen-bond donors (Lipinski definition) is 2. The fourth-order valence-electron chi connectivity index (χ4n) is 3.34. The Bertz CT molecular complexity index is 383. The maximum absolute atomic E-state index is 3.46. The molecule has 0 aromatic carbocycles. The third-order valence-electron chi connectivity index (χ3n) is 4.77. The van der Waals surface area contributed by atoms with E-state index in [0.717, 1.165) is 5.92 Å². The number of thiophene rings is 1. The van der Waals surface area contributed by atoms with E-state index in [1.54, 1.807) is 9.75 Å². The molecule has 0 unspecified atom stereocenters. The third-order valence-corrected chi connectivity index (χ3v) is 5.93. The molecule has 1 aliphatic rings. The quantitative estimate of drug-likeness (QED) is 0.590. The summed E-state index contributed by atoms with van der Waals surface area (Å²) in [6.07, 6.45) is 13.7. The molecule has 2 heterocycles. The van der Waals surface area contributed by atoms with Gasteiger partial charge in [-0.3, -0.25) is 0 Å². The van der Waals surface area contributed by atoms with Crippen LogP contribution in [0.15, 0.2) is 12.1 Å². The van der Waals surface area contributed by atoms with Crippen molar-refractivity contribution in [3.8, 4) is 0 Å². The van der Waals surface area contributed by atoms with Gasteiger partial charge in [0.25, 0.3) is 0 Å². The Labute approximate surface area is 141 Å². The van der Waals surface area contributed by atoms with Crippen molar-refractivity contribution in [1.82, 2.24) is 10.6 Å². The average Bonchev–Trinajstić information content (AvgIpc) is 2.98. The van der Waals surface area contributed by atoms with Gasteiger partial charge in [-0.05, 0) is 83.3 Å². The van der Waals surface area contributed by atoms with Crippen LogP contribution in [0.1, 0.15) is 61.1 Å². The highest BCUT2D eigenvalue weighted by Crippen LogP contribution is 2.25. The molecule has 0 saturated carbocycles. The number of rotatable bonds is 11. The van der Waals surface area contributed by atoms with Crippen LogP contribution in [0.5, 0.6) is 0 Å². The summed E-state index contributed by atoms with van der Waals surface area (Å²) >= 11 is 2.07. The summed E-state index contributed by atoms with van der Waals surface area (Å²) in [4.78, 5) is 3.23. The second-order valence-electron chi connectivity index (χ2n) is 6.74. The molecule has 1 aromatic heterocycles. The molecule has 2 rings (SSSR count). The highest BCUT2D eigenvalue weighted by Gasteiger charge is 2.14. The maximum Gasteiger partial charge on any atom is 0.00509 e. The Kier molecular flexibility index (Phi) is 9.15. The second kappa shape index (κ2) is 11.2. The summed E-state index contributed by atoms with van der Waals surface area (Å²) in [7, 11) is 2.04. The van der Waals surface area contributed by atoms with Gasteiger partial charge in [0.2, 0.25) is 0 Å². The Balaban J connectivity index is 1.53. The first-order chi connectivity index (χ1) is 10.9. The molecule has 0 aliphatic carbocycles. The summed E-state index contributed by atoms with van der Waals surface area (Å²) < 4.78 is 0. The first kappa shape index (κ1) is 18.0. The first-order valence-corrected chi connectivity index (χ1v) is 10.1. The summed E-state index contributed by atoms with van der Waals surface area (Å²) in [5.41, 5.74) is 0. The zero-order valence-electron chi connectivity index (χ0n) is 14.3. The van der Waals surface area contributed by atoms with Crippen LogP contribution in [0, 0.1) is 5.92 Å². The highest BCUT2D eigenvalue weighted by molar-refractivity contribution is 7.11. The molecule has 3 heteroatoms. The molecular formula is C19H34N2S. The standard InChI is InChI=1S/C19H34N2S/c1-20-13-7-5-3-2-4-6-8-18-9-10-19(22-18)16-17-11-14-21-15-12-17/h9-10,17,20-21H,2-8,11-16H2,1H3. The molecule has 22 heavy (non-hydrogen) atoms. The first-order valence-electron chi connectivity index (χ1n) is 9.31. The van der Waals surface area contributed by atoms with Gasteiger partial charge in [0, 0.05) is 9.75 Å². The Morgan fingerprint density at radius 2 is 1.68 bits per heavy atom. The molecule has 0 radical (unpaired) electrons. The molecule has 0 bridgehead atoms. The molecule has 2 N–H and O–H groups in total. The number of piperidine rings is 1. The van der Waals surface area contributed by atoms with E-state index in [-0.39, 0.29) is 0 Å². The Morgan fingerprint density at radius 1 is 1.00 bits per heavy atom. The Morgan fingerprint density at radius 3 is 2.45 bits per heavy atom. The molecule has 126 valence electrons. The van der Waals surface area contributed by atoms with Crippen molar-refractivity contribution in [2.75, 3.05) is 26.7 Å². The average molecular weight is 323 g/mol. The normalized spacial score (nSPS) is 16.2. The van der Waals surface area contributed by atoms with E-state index in [2.05, 4.69) is 34.1 Å². The minimum absolute atomic E-state index is 0.922. The van der Waals surface area contributed by atoms with Gasteiger partial charge in [-0.25, -0.2) is 0 Å². The summed E-state index contributed by atoms with van der Waals surface area (Å²) in [6.45, 7) is 3.61. The van der Waals surface area contributed by atoms with Crippen LogP contribution in [0.3, 0.4) is 0 Å². The minimum Gasteiger partial charge on any atom is -0.320 e. The number of hydrogen-bond acceptors (Lipinski definition) is 3. The smallest absolute Gasteiger partial charge is 0.00509 e. The van der Waals surface area contributed by atoms with Crippen LogP contribution in [-0.2, 0) is 12.8 Å². The monoisotopic (exact) mass is 322 g/mol. The molecule has 1 saturated heterocycles. The molecule has 1 aliphatic heterocycles. The molecule has 2 nitrogen and oxygen atoms in total. The van der Waals surface area contributed by atoms with Crippen molar-refractivity contribution in [2.45, 2.75) is 64.2 Å². The fraction of sp³-hybridized carbons (Fsp3) is 0.789. The van der Waals surface area contributed by atoms with Gasteiger partial charge < -0.3 is 10.6 Å². The number of unbranched alkanes of at least 4 members (excludes halogenated alkanes) is 5. The lowest BCUT2D eigenvalue weighted by Crippen LogP contribution is -2.28. The van der Waals surface area contributed by atoms with Gasteiger partial charge in [0.05, 0.1) is 0 Å². The van der Waals surface area contributed by atoms with Gasteiger partial charge in [-0.2, -0.15) is 0 Å². The molecule has 1 aromatic rings. The van der Waals surface area contributed by atoms with Crippen LogP contribution >= 0.6 is 11.3 Å². The van der Waals surface area contributed by atoms with Crippen molar-refractivity contribution in [2.24, 2.45) is 5.92 Å². The third kappa shape index (κ3) is 7.26. The van der Waals surface area contributed by atoms with Crippen LogP contribution in [0.2, 0.25) is 0 Å². The zero-order chi connectivity index (χ0) is 15.5. The van der Waals surface area contributed by atoms with Crippen molar-refractivity contribution < 1.29 is 0 Å². The van der Waals surface area contributed by atoms with Gasteiger partial charge in [0.1, 0.15) is 0 Å². The number of aryl methyl sites for hydroxylation is 1. The van der Waals surface area contributed by atoms with E-state index in [4.69, 9.17) is 0 Å². The molecule has 1 fully saturated rings. The summed E-state index contributed by atoms with van der Waals surface area (Å²) in [6, 6.07) is 4.77. The minimum atomic E-state index is 0.922. The maximum atomic E-state index is 3.46. The Hall–Kier alpha value is -0.380. The van der Waals surface area contributed by atoms with Gasteiger partial charge in [-0.15, -0.1) is 11.3 Å². The zero-order valence-corrected chi connectivity index (χ0v) is 15.1. The van der Waals surface area contributed by atoms with E-state index < -0.39 is 0 Å². The SMILES string of the molecule is CNCCCCCCCCc1ccc(CC2CCNCC2)s1. The second-order valence-corrected chi connectivity index (χ2v) is 7.99. The van der Waals surface area contributed by atoms with Crippen LogP contribution in [-0.4, -0.2) is 26.7 Å². The predicted octanol–water partition coefficient (Wildman–Crippen LogP) is 4.39.